The molecule has 2 heterocycles. The van der Waals surface area contributed by atoms with Crippen LogP contribution in [-0.4, -0.2) is 36.8 Å². The molecule has 7 heteroatoms. The van der Waals surface area contributed by atoms with E-state index in [2.05, 4.69) is 4.98 Å². The molecule has 0 spiro atoms. The Hall–Kier alpha value is -0.500. The molecule has 0 aliphatic carbocycles. The number of hydrogen-bond donors (Lipinski definition) is 1. The maximum Gasteiger partial charge on any atom is 0.254 e. The number of nitrogens with two attached hydrogens (primary N) is 1. The molecule has 0 radical (unpaired) electrons. The van der Waals surface area contributed by atoms with Crippen molar-refractivity contribution in [3.63, 3.8) is 0 Å². The van der Waals surface area contributed by atoms with Gasteiger partial charge in [-0.15, -0.1) is 11.3 Å². The zero-order chi connectivity index (χ0) is 11.1. The monoisotopic (exact) mass is 247 g/mol. The molecule has 1 fully saturated rings. The van der Waals surface area contributed by atoms with Crippen LogP contribution in [0.25, 0.3) is 0 Å². The van der Waals surface area contributed by atoms with Crippen molar-refractivity contribution in [3.05, 3.63) is 11.2 Å². The van der Waals surface area contributed by atoms with E-state index in [4.69, 9.17) is 5.73 Å². The molecule has 84 valence electrons. The summed E-state index contributed by atoms with van der Waals surface area (Å²) in [5.41, 5.74) is 5.69. The number of hydrogen-bond acceptors (Lipinski definition) is 5. The third kappa shape index (κ3) is 2.05. The van der Waals surface area contributed by atoms with Gasteiger partial charge in [0.2, 0.25) is 0 Å². The summed E-state index contributed by atoms with van der Waals surface area (Å²) in [6.45, 7) is 2.72. The molecule has 0 aromatic carbocycles. The second-order valence-corrected chi connectivity index (χ2v) is 7.01. The third-order valence-corrected chi connectivity index (χ3v) is 5.60. The Balaban J connectivity index is 2.27. The molecular weight excluding hydrogens is 234 g/mol. The van der Waals surface area contributed by atoms with Crippen LogP contribution in [0.3, 0.4) is 0 Å². The van der Waals surface area contributed by atoms with E-state index in [-0.39, 0.29) is 6.04 Å². The van der Waals surface area contributed by atoms with Gasteiger partial charge in [-0.25, -0.2) is 13.4 Å². The van der Waals surface area contributed by atoms with Gasteiger partial charge in [0, 0.05) is 19.1 Å². The van der Waals surface area contributed by atoms with Crippen molar-refractivity contribution >= 4 is 21.4 Å². The molecule has 1 aromatic heterocycles. The van der Waals surface area contributed by atoms with E-state index in [1.165, 1.54) is 21.8 Å². The van der Waals surface area contributed by atoms with Crippen molar-refractivity contribution in [1.82, 2.24) is 9.29 Å². The Morgan fingerprint density at radius 2 is 2.40 bits per heavy atom. The van der Waals surface area contributed by atoms with Gasteiger partial charge in [0.15, 0.2) is 4.21 Å². The maximum atomic E-state index is 12.0. The molecule has 0 bridgehead atoms. The fraction of sp³-hybridized carbons (Fsp3) is 0.625. The molecule has 1 aliphatic rings. The highest BCUT2D eigenvalue weighted by molar-refractivity contribution is 7.91. The highest BCUT2D eigenvalue weighted by Gasteiger charge is 2.32. The summed E-state index contributed by atoms with van der Waals surface area (Å²) in [5, 5.41) is 0.761. The van der Waals surface area contributed by atoms with Crippen molar-refractivity contribution in [3.8, 4) is 0 Å². The summed E-state index contributed by atoms with van der Waals surface area (Å²) in [5.74, 6) is 0. The summed E-state index contributed by atoms with van der Waals surface area (Å²) in [6, 6.07) is -0.0335. The zero-order valence-electron chi connectivity index (χ0n) is 8.38. The standard InChI is InChI=1S/C8H13N3O2S2/c1-6-10-4-8(14-6)15(12,13)11-3-2-7(9)5-11/h4,7H,2-3,5,9H2,1H3/t7-/m0/s1. The quantitative estimate of drug-likeness (QED) is 0.808. The minimum absolute atomic E-state index is 0.0335. The molecular formula is C8H13N3O2S2. The Bertz CT molecular complexity index is 454. The average Bonchev–Trinajstić information content (AvgIpc) is 2.74. The fourth-order valence-corrected chi connectivity index (χ4v) is 4.34. The van der Waals surface area contributed by atoms with Crippen LogP contribution in [0, 0.1) is 6.92 Å². The molecule has 1 aromatic rings. The SMILES string of the molecule is Cc1ncc(S(=O)(=O)N2CC[C@H](N)C2)s1. The van der Waals surface area contributed by atoms with E-state index in [0.717, 1.165) is 11.4 Å². The molecule has 5 nitrogen and oxygen atoms in total. The van der Waals surface area contributed by atoms with E-state index >= 15 is 0 Å². The Morgan fingerprint density at radius 1 is 1.67 bits per heavy atom. The molecule has 0 saturated carbocycles. The maximum absolute atomic E-state index is 12.0. The van der Waals surface area contributed by atoms with Crippen molar-refractivity contribution in [2.24, 2.45) is 5.73 Å². The third-order valence-electron chi connectivity index (χ3n) is 2.38. The first-order chi connectivity index (χ1) is 7.00. The number of rotatable bonds is 2. The van der Waals surface area contributed by atoms with Gasteiger partial charge in [0.05, 0.1) is 11.2 Å². The van der Waals surface area contributed by atoms with Gasteiger partial charge < -0.3 is 5.73 Å². The molecule has 2 N–H and O–H groups in total. The lowest BCUT2D eigenvalue weighted by atomic mass is 10.3. The van der Waals surface area contributed by atoms with Gasteiger partial charge in [-0.3, -0.25) is 0 Å². The summed E-state index contributed by atoms with van der Waals surface area (Å²) in [7, 11) is -3.34. The number of thiazole rings is 1. The zero-order valence-corrected chi connectivity index (χ0v) is 10.0. The number of aryl methyl sites for hydroxylation is 1. The molecule has 0 unspecified atom stereocenters. The first-order valence-corrected chi connectivity index (χ1v) is 6.94. The summed E-state index contributed by atoms with van der Waals surface area (Å²) in [4.78, 5) is 3.95. The van der Waals surface area contributed by atoms with Crippen LogP contribution < -0.4 is 5.73 Å². The smallest absolute Gasteiger partial charge is 0.254 e. The van der Waals surface area contributed by atoms with Crippen LogP contribution in [0.2, 0.25) is 0 Å². The second-order valence-electron chi connectivity index (χ2n) is 3.61. The Labute approximate surface area is 93.0 Å². The van der Waals surface area contributed by atoms with E-state index in [9.17, 15) is 8.42 Å². The van der Waals surface area contributed by atoms with E-state index in [1.807, 2.05) is 0 Å². The Morgan fingerprint density at radius 3 is 2.87 bits per heavy atom. The molecule has 2 rings (SSSR count). The van der Waals surface area contributed by atoms with E-state index in [0.29, 0.717) is 17.3 Å². The highest BCUT2D eigenvalue weighted by atomic mass is 32.2. The average molecular weight is 247 g/mol. The first kappa shape index (κ1) is 11.0. The van der Waals surface area contributed by atoms with Crippen molar-refractivity contribution < 1.29 is 8.42 Å². The number of sulfonamides is 1. The van der Waals surface area contributed by atoms with Gasteiger partial charge in [-0.2, -0.15) is 4.31 Å². The number of nitrogens with zero attached hydrogens (tertiary/aromatic N) is 2. The lowest BCUT2D eigenvalue weighted by Crippen LogP contribution is -2.31. The van der Waals surface area contributed by atoms with Gasteiger partial charge in [-0.05, 0) is 13.3 Å². The lowest BCUT2D eigenvalue weighted by molar-refractivity contribution is 0.474. The van der Waals surface area contributed by atoms with Crippen LogP contribution >= 0.6 is 11.3 Å². The second kappa shape index (κ2) is 3.82. The summed E-state index contributed by atoms with van der Waals surface area (Å²) in [6.07, 6.45) is 2.15. The van der Waals surface area contributed by atoms with Crippen molar-refractivity contribution in [1.29, 1.82) is 0 Å². The number of aromatic nitrogens is 1. The van der Waals surface area contributed by atoms with E-state index in [1.54, 1.807) is 6.92 Å². The molecule has 15 heavy (non-hydrogen) atoms. The van der Waals surface area contributed by atoms with Crippen molar-refractivity contribution in [2.75, 3.05) is 13.1 Å². The lowest BCUT2D eigenvalue weighted by Gasteiger charge is -2.13. The Kier molecular flexibility index (Phi) is 2.80. The molecule has 1 aliphatic heterocycles. The summed E-state index contributed by atoms with van der Waals surface area (Å²) >= 11 is 1.20. The van der Waals surface area contributed by atoms with Gasteiger partial charge >= 0.3 is 0 Å². The minimum atomic E-state index is -3.34. The van der Waals surface area contributed by atoms with Crippen LogP contribution in [-0.2, 0) is 10.0 Å². The van der Waals surface area contributed by atoms with Gasteiger partial charge in [0.1, 0.15) is 0 Å². The first-order valence-electron chi connectivity index (χ1n) is 4.68. The normalized spacial score (nSPS) is 23.5. The molecule has 0 amide bonds. The van der Waals surface area contributed by atoms with Crippen LogP contribution in [0.1, 0.15) is 11.4 Å². The van der Waals surface area contributed by atoms with Gasteiger partial charge in [0.25, 0.3) is 10.0 Å². The van der Waals surface area contributed by atoms with Gasteiger partial charge in [-0.1, -0.05) is 0 Å². The molecule has 1 atom stereocenters. The largest absolute Gasteiger partial charge is 0.326 e. The van der Waals surface area contributed by atoms with Crippen LogP contribution in [0.4, 0.5) is 0 Å². The minimum Gasteiger partial charge on any atom is -0.326 e. The van der Waals surface area contributed by atoms with Crippen molar-refractivity contribution in [2.45, 2.75) is 23.6 Å². The predicted molar refractivity (Wildman–Crippen MR) is 58.2 cm³/mol. The van der Waals surface area contributed by atoms with Crippen LogP contribution in [0.5, 0.6) is 0 Å². The summed E-state index contributed by atoms with van der Waals surface area (Å²) < 4.78 is 25.8. The fourth-order valence-electron chi connectivity index (χ4n) is 1.56. The van der Waals surface area contributed by atoms with Crippen LogP contribution in [0.15, 0.2) is 10.4 Å². The highest BCUT2D eigenvalue weighted by Crippen LogP contribution is 2.24. The predicted octanol–water partition coefficient (Wildman–Crippen LogP) is 0.173. The van der Waals surface area contributed by atoms with E-state index < -0.39 is 10.0 Å². The topological polar surface area (TPSA) is 76.3 Å². The molecule has 1 saturated heterocycles.